The van der Waals surface area contributed by atoms with Crippen molar-refractivity contribution in [2.45, 2.75) is 26.3 Å². The molecule has 2 atom stereocenters. The van der Waals surface area contributed by atoms with E-state index in [0.717, 1.165) is 0 Å². The van der Waals surface area contributed by atoms with Crippen molar-refractivity contribution in [2.24, 2.45) is 5.92 Å². The largest absolute Gasteiger partial charge is 0.481 e. The molecule has 20 heavy (non-hydrogen) atoms. The predicted octanol–water partition coefficient (Wildman–Crippen LogP) is 1.82. The molecule has 0 spiro atoms. The van der Waals surface area contributed by atoms with E-state index < -0.39 is 30.3 Å². The number of carboxylic acid groups (broad SMARTS) is 1. The van der Waals surface area contributed by atoms with Crippen LogP contribution >= 0.6 is 0 Å². The number of hydrogen-bond acceptors (Lipinski definition) is 3. The van der Waals surface area contributed by atoms with E-state index in [-0.39, 0.29) is 11.7 Å². The monoisotopic (exact) mass is 283 g/mol. The minimum Gasteiger partial charge on any atom is -0.481 e. The molecule has 110 valence electrons. The lowest BCUT2D eigenvalue weighted by molar-refractivity contribution is -0.143. The normalized spacial score (nSPS) is 13.3. The SMILES string of the molecule is CCC(C)[C@H](NC(=O)COc1ccccc1F)C(=O)O. The summed E-state index contributed by atoms with van der Waals surface area (Å²) in [6.07, 6.45) is 0.616. The second-order valence-electron chi connectivity index (χ2n) is 4.49. The molecular weight excluding hydrogens is 265 g/mol. The van der Waals surface area contributed by atoms with Crippen molar-refractivity contribution in [3.63, 3.8) is 0 Å². The summed E-state index contributed by atoms with van der Waals surface area (Å²) < 4.78 is 18.3. The molecule has 0 aliphatic rings. The maximum Gasteiger partial charge on any atom is 0.326 e. The first-order valence-corrected chi connectivity index (χ1v) is 6.35. The van der Waals surface area contributed by atoms with Gasteiger partial charge < -0.3 is 15.2 Å². The first-order chi connectivity index (χ1) is 9.45. The summed E-state index contributed by atoms with van der Waals surface area (Å²) in [4.78, 5) is 22.7. The summed E-state index contributed by atoms with van der Waals surface area (Å²) in [6.45, 7) is 3.14. The number of para-hydroxylation sites is 1. The number of hydrogen-bond donors (Lipinski definition) is 2. The van der Waals surface area contributed by atoms with E-state index >= 15 is 0 Å². The number of halogens is 1. The molecule has 1 unspecified atom stereocenters. The average molecular weight is 283 g/mol. The van der Waals surface area contributed by atoms with Gasteiger partial charge in [0.1, 0.15) is 6.04 Å². The molecule has 2 N–H and O–H groups in total. The summed E-state index contributed by atoms with van der Waals surface area (Å²) in [6, 6.07) is 4.72. The van der Waals surface area contributed by atoms with E-state index in [1.807, 2.05) is 6.92 Å². The molecule has 0 fully saturated rings. The topological polar surface area (TPSA) is 75.6 Å². The molecule has 0 aliphatic heterocycles. The molecule has 1 aromatic carbocycles. The molecule has 0 aromatic heterocycles. The number of ether oxygens (including phenoxy) is 1. The van der Waals surface area contributed by atoms with E-state index in [0.29, 0.717) is 6.42 Å². The van der Waals surface area contributed by atoms with Gasteiger partial charge in [0.2, 0.25) is 0 Å². The number of carbonyl (C=O) groups is 2. The number of rotatable bonds is 7. The lowest BCUT2D eigenvalue weighted by atomic mass is 9.99. The maximum absolute atomic E-state index is 13.3. The van der Waals surface area contributed by atoms with Crippen LogP contribution in [-0.4, -0.2) is 29.6 Å². The predicted molar refractivity (Wildman–Crippen MR) is 70.9 cm³/mol. The van der Waals surface area contributed by atoms with E-state index in [9.17, 15) is 14.0 Å². The van der Waals surface area contributed by atoms with E-state index in [4.69, 9.17) is 9.84 Å². The molecule has 1 aromatic rings. The third-order valence-corrected chi connectivity index (χ3v) is 2.99. The Balaban J connectivity index is 2.55. The first-order valence-electron chi connectivity index (χ1n) is 6.35. The molecule has 0 aliphatic carbocycles. The zero-order valence-corrected chi connectivity index (χ0v) is 11.4. The van der Waals surface area contributed by atoms with Crippen molar-refractivity contribution in [3.8, 4) is 5.75 Å². The van der Waals surface area contributed by atoms with Crippen LogP contribution in [0.2, 0.25) is 0 Å². The number of carboxylic acids is 1. The van der Waals surface area contributed by atoms with Crippen LogP contribution in [-0.2, 0) is 9.59 Å². The van der Waals surface area contributed by atoms with Gasteiger partial charge in [0.05, 0.1) is 0 Å². The van der Waals surface area contributed by atoms with Crippen molar-refractivity contribution in [3.05, 3.63) is 30.1 Å². The summed E-state index contributed by atoms with van der Waals surface area (Å²) in [7, 11) is 0. The molecule has 0 saturated heterocycles. The Hall–Kier alpha value is -2.11. The molecule has 0 heterocycles. The highest BCUT2D eigenvalue weighted by Crippen LogP contribution is 2.15. The van der Waals surface area contributed by atoms with Gasteiger partial charge in [0.15, 0.2) is 18.2 Å². The van der Waals surface area contributed by atoms with Gasteiger partial charge in [0, 0.05) is 0 Å². The Morgan fingerprint density at radius 3 is 2.60 bits per heavy atom. The highest BCUT2D eigenvalue weighted by Gasteiger charge is 2.25. The van der Waals surface area contributed by atoms with Crippen LogP contribution < -0.4 is 10.1 Å². The third-order valence-electron chi connectivity index (χ3n) is 2.99. The number of benzene rings is 1. The molecule has 5 nitrogen and oxygen atoms in total. The Kier molecular flexibility index (Phi) is 5.96. The Labute approximate surface area is 116 Å². The third kappa shape index (κ3) is 4.53. The minimum absolute atomic E-state index is 0.0435. The highest BCUT2D eigenvalue weighted by molar-refractivity contribution is 5.84. The second-order valence-corrected chi connectivity index (χ2v) is 4.49. The van der Waals surface area contributed by atoms with Gasteiger partial charge in [-0.05, 0) is 18.1 Å². The number of amides is 1. The van der Waals surface area contributed by atoms with Gasteiger partial charge in [-0.3, -0.25) is 4.79 Å². The van der Waals surface area contributed by atoms with Crippen LogP contribution in [0.3, 0.4) is 0 Å². The molecule has 6 heteroatoms. The maximum atomic E-state index is 13.3. The van der Waals surface area contributed by atoms with Crippen molar-refractivity contribution >= 4 is 11.9 Å². The van der Waals surface area contributed by atoms with E-state index in [1.54, 1.807) is 13.0 Å². The van der Waals surface area contributed by atoms with Crippen molar-refractivity contribution in [1.82, 2.24) is 5.32 Å². The van der Waals surface area contributed by atoms with E-state index in [2.05, 4.69) is 5.32 Å². The Bertz CT molecular complexity index is 478. The molecule has 1 rings (SSSR count). The molecule has 0 saturated carbocycles. The molecule has 0 radical (unpaired) electrons. The van der Waals surface area contributed by atoms with Crippen LogP contribution in [0.4, 0.5) is 4.39 Å². The van der Waals surface area contributed by atoms with Crippen LogP contribution in [0.1, 0.15) is 20.3 Å². The number of carbonyl (C=O) groups excluding carboxylic acids is 1. The molecule has 1 amide bonds. The second kappa shape index (κ2) is 7.47. The van der Waals surface area contributed by atoms with Crippen molar-refractivity contribution in [1.29, 1.82) is 0 Å². The van der Waals surface area contributed by atoms with Gasteiger partial charge in [-0.1, -0.05) is 32.4 Å². The lowest BCUT2D eigenvalue weighted by Gasteiger charge is -2.20. The van der Waals surface area contributed by atoms with Crippen LogP contribution in [0.5, 0.6) is 5.75 Å². The van der Waals surface area contributed by atoms with Crippen molar-refractivity contribution < 1.29 is 23.8 Å². The van der Waals surface area contributed by atoms with Crippen LogP contribution in [0, 0.1) is 11.7 Å². The first kappa shape index (κ1) is 15.9. The standard InChI is InChI=1S/C14H18FNO4/c1-3-9(2)13(14(18)19)16-12(17)8-20-11-7-5-4-6-10(11)15/h4-7,9,13H,3,8H2,1-2H3,(H,16,17)(H,18,19)/t9?,13-/m0/s1. The van der Waals surface area contributed by atoms with Gasteiger partial charge in [-0.25, -0.2) is 9.18 Å². The lowest BCUT2D eigenvalue weighted by Crippen LogP contribution is -2.46. The number of nitrogens with one attached hydrogen (secondary N) is 1. The van der Waals surface area contributed by atoms with Crippen LogP contribution in [0.25, 0.3) is 0 Å². The summed E-state index contributed by atoms with van der Waals surface area (Å²) in [5.74, 6) is -2.51. The summed E-state index contributed by atoms with van der Waals surface area (Å²) in [5, 5.41) is 11.4. The Morgan fingerprint density at radius 2 is 2.05 bits per heavy atom. The van der Waals surface area contributed by atoms with Gasteiger partial charge in [-0.15, -0.1) is 0 Å². The van der Waals surface area contributed by atoms with Crippen LogP contribution in [0.15, 0.2) is 24.3 Å². The minimum atomic E-state index is -1.10. The van der Waals surface area contributed by atoms with Gasteiger partial charge >= 0.3 is 5.97 Å². The number of aliphatic carboxylic acids is 1. The quantitative estimate of drug-likeness (QED) is 0.800. The smallest absolute Gasteiger partial charge is 0.326 e. The van der Waals surface area contributed by atoms with Crippen molar-refractivity contribution in [2.75, 3.05) is 6.61 Å². The molecular formula is C14H18FNO4. The Morgan fingerprint density at radius 1 is 1.40 bits per heavy atom. The van der Waals surface area contributed by atoms with Gasteiger partial charge in [-0.2, -0.15) is 0 Å². The fourth-order valence-electron chi connectivity index (χ4n) is 1.60. The summed E-state index contributed by atoms with van der Waals surface area (Å²) in [5.41, 5.74) is 0. The fourth-order valence-corrected chi connectivity index (χ4v) is 1.60. The summed E-state index contributed by atoms with van der Waals surface area (Å²) >= 11 is 0. The zero-order valence-electron chi connectivity index (χ0n) is 11.4. The zero-order chi connectivity index (χ0) is 15.1. The van der Waals surface area contributed by atoms with Gasteiger partial charge in [0.25, 0.3) is 5.91 Å². The average Bonchev–Trinajstić information content (AvgIpc) is 2.42. The fraction of sp³-hybridized carbons (Fsp3) is 0.429. The highest BCUT2D eigenvalue weighted by atomic mass is 19.1. The van der Waals surface area contributed by atoms with E-state index in [1.165, 1.54) is 18.2 Å². The molecule has 0 bridgehead atoms.